The summed E-state index contributed by atoms with van der Waals surface area (Å²) < 4.78 is 0. The molecule has 0 aromatic carbocycles. The van der Waals surface area contributed by atoms with Gasteiger partial charge in [0, 0.05) is 0 Å². The Balaban J connectivity index is 3.43. The van der Waals surface area contributed by atoms with Crippen molar-refractivity contribution in [3.8, 4) is 6.07 Å². The predicted molar refractivity (Wildman–Crippen MR) is 40.3 cm³/mol. The Morgan fingerprint density at radius 2 is 2.20 bits per heavy atom. The van der Waals surface area contributed by atoms with Crippen LogP contribution in [0.5, 0.6) is 0 Å². The molecule has 0 aliphatic heterocycles. The summed E-state index contributed by atoms with van der Waals surface area (Å²) >= 11 is 0. The maximum Gasteiger partial charge on any atom is 0.143 e. The summed E-state index contributed by atoms with van der Waals surface area (Å²) in [5, 5.41) is 17.3. The lowest BCUT2D eigenvalue weighted by molar-refractivity contribution is 0.162. The van der Waals surface area contributed by atoms with Crippen LogP contribution >= 0.6 is 0 Å². The molecule has 0 amide bonds. The predicted octanol–water partition coefficient (Wildman–Crippen LogP) is 1.70. The monoisotopic (exact) mass is 141 g/mol. The number of nitriles is 1. The van der Waals surface area contributed by atoms with E-state index in [4.69, 9.17) is 10.4 Å². The molecule has 0 aromatic rings. The fourth-order valence-electron chi connectivity index (χ4n) is 0.811. The van der Waals surface area contributed by atoms with Gasteiger partial charge in [-0.1, -0.05) is 26.7 Å². The molecule has 2 nitrogen and oxygen atoms in total. The molecule has 0 spiro atoms. The van der Waals surface area contributed by atoms with E-state index >= 15 is 0 Å². The Labute approximate surface area is 62.5 Å². The van der Waals surface area contributed by atoms with Crippen molar-refractivity contribution in [2.75, 3.05) is 0 Å². The van der Waals surface area contributed by atoms with Crippen molar-refractivity contribution >= 4 is 0 Å². The quantitative estimate of drug-likeness (QED) is 0.605. The highest BCUT2D eigenvalue weighted by atomic mass is 16.3. The zero-order valence-electron chi connectivity index (χ0n) is 6.67. The van der Waals surface area contributed by atoms with Crippen molar-refractivity contribution in [2.24, 2.45) is 5.92 Å². The van der Waals surface area contributed by atoms with Gasteiger partial charge in [-0.25, -0.2) is 0 Å². The molecule has 0 aliphatic carbocycles. The Bertz CT molecular complexity index is 117. The first-order valence-corrected chi connectivity index (χ1v) is 3.80. The lowest BCUT2D eigenvalue weighted by Crippen LogP contribution is -2.14. The number of hydrogen-bond acceptors (Lipinski definition) is 2. The van der Waals surface area contributed by atoms with Gasteiger partial charge < -0.3 is 5.11 Å². The normalized spacial score (nSPS) is 15.8. The maximum absolute atomic E-state index is 8.99. The van der Waals surface area contributed by atoms with Gasteiger partial charge in [0.2, 0.25) is 0 Å². The molecule has 1 N–H and O–H groups in total. The molecule has 0 radical (unpaired) electrons. The van der Waals surface area contributed by atoms with Crippen LogP contribution in [0.2, 0.25) is 0 Å². The Kier molecular flexibility index (Phi) is 4.96. The Morgan fingerprint density at radius 3 is 2.60 bits per heavy atom. The maximum atomic E-state index is 8.99. The standard InChI is InChI=1S/C8H15NO/c1-3-4-5-7(2)8(10)6-9/h7-8,10H,3-5H2,1-2H3. The third kappa shape index (κ3) is 3.47. The molecular formula is C8H15NO. The second kappa shape index (κ2) is 5.25. The number of nitrogens with zero attached hydrogens (tertiary/aromatic N) is 1. The van der Waals surface area contributed by atoms with Crippen molar-refractivity contribution < 1.29 is 5.11 Å². The first kappa shape index (κ1) is 9.45. The van der Waals surface area contributed by atoms with E-state index in [-0.39, 0.29) is 5.92 Å². The number of rotatable bonds is 4. The van der Waals surface area contributed by atoms with Gasteiger partial charge in [-0.2, -0.15) is 5.26 Å². The van der Waals surface area contributed by atoms with Gasteiger partial charge in [0.15, 0.2) is 0 Å². The van der Waals surface area contributed by atoms with Gasteiger partial charge in [0.25, 0.3) is 0 Å². The third-order valence-corrected chi connectivity index (χ3v) is 1.68. The van der Waals surface area contributed by atoms with E-state index in [1.54, 1.807) is 0 Å². The first-order chi connectivity index (χ1) is 4.72. The van der Waals surface area contributed by atoms with E-state index in [9.17, 15) is 0 Å². The van der Waals surface area contributed by atoms with E-state index in [1.165, 1.54) is 0 Å². The Morgan fingerprint density at radius 1 is 1.60 bits per heavy atom. The summed E-state index contributed by atoms with van der Waals surface area (Å²) in [4.78, 5) is 0. The molecule has 2 unspecified atom stereocenters. The topological polar surface area (TPSA) is 44.0 Å². The van der Waals surface area contributed by atoms with Crippen LogP contribution in [-0.4, -0.2) is 11.2 Å². The van der Waals surface area contributed by atoms with E-state index in [0.717, 1.165) is 19.3 Å². The van der Waals surface area contributed by atoms with E-state index < -0.39 is 6.10 Å². The van der Waals surface area contributed by atoms with Crippen LogP contribution in [0.1, 0.15) is 33.1 Å². The minimum absolute atomic E-state index is 0.130. The van der Waals surface area contributed by atoms with Crippen molar-refractivity contribution in [3.05, 3.63) is 0 Å². The molecular weight excluding hydrogens is 126 g/mol. The summed E-state index contributed by atoms with van der Waals surface area (Å²) in [6.45, 7) is 4.01. The fourth-order valence-corrected chi connectivity index (χ4v) is 0.811. The molecule has 58 valence electrons. The SMILES string of the molecule is CCCCC(C)C(O)C#N. The summed E-state index contributed by atoms with van der Waals surface area (Å²) in [6, 6.07) is 1.83. The van der Waals surface area contributed by atoms with Crippen molar-refractivity contribution in [1.29, 1.82) is 5.26 Å². The molecule has 0 saturated heterocycles. The van der Waals surface area contributed by atoms with Crippen LogP contribution in [0.25, 0.3) is 0 Å². The highest BCUT2D eigenvalue weighted by Gasteiger charge is 2.11. The summed E-state index contributed by atoms with van der Waals surface area (Å²) in [5.41, 5.74) is 0. The number of aliphatic hydroxyl groups is 1. The summed E-state index contributed by atoms with van der Waals surface area (Å²) in [7, 11) is 0. The number of hydrogen-bond donors (Lipinski definition) is 1. The lowest BCUT2D eigenvalue weighted by Gasteiger charge is -2.10. The molecule has 2 heteroatoms. The average Bonchev–Trinajstić information content (AvgIpc) is 1.98. The Hall–Kier alpha value is -0.550. The molecule has 10 heavy (non-hydrogen) atoms. The van der Waals surface area contributed by atoms with Crippen LogP contribution in [-0.2, 0) is 0 Å². The van der Waals surface area contributed by atoms with Gasteiger partial charge in [0.1, 0.15) is 6.10 Å². The molecule has 0 saturated carbocycles. The van der Waals surface area contributed by atoms with Gasteiger partial charge >= 0.3 is 0 Å². The van der Waals surface area contributed by atoms with Crippen molar-refractivity contribution in [3.63, 3.8) is 0 Å². The summed E-state index contributed by atoms with van der Waals surface area (Å²) in [6.07, 6.45) is 2.40. The zero-order valence-corrected chi connectivity index (χ0v) is 6.67. The largest absolute Gasteiger partial charge is 0.378 e. The molecule has 0 rings (SSSR count). The first-order valence-electron chi connectivity index (χ1n) is 3.80. The van der Waals surface area contributed by atoms with Gasteiger partial charge in [-0.15, -0.1) is 0 Å². The number of aliphatic hydroxyl groups excluding tert-OH is 1. The number of unbranched alkanes of at least 4 members (excludes halogenated alkanes) is 1. The van der Waals surface area contributed by atoms with E-state index in [2.05, 4.69) is 6.92 Å². The minimum atomic E-state index is -0.772. The van der Waals surface area contributed by atoms with E-state index in [1.807, 2.05) is 13.0 Å². The van der Waals surface area contributed by atoms with Crippen LogP contribution < -0.4 is 0 Å². The minimum Gasteiger partial charge on any atom is -0.378 e. The molecule has 0 aromatic heterocycles. The summed E-state index contributed by atoms with van der Waals surface area (Å²) in [5.74, 6) is 0.130. The molecule has 0 heterocycles. The van der Waals surface area contributed by atoms with Crippen LogP contribution in [0, 0.1) is 17.2 Å². The van der Waals surface area contributed by atoms with Gasteiger partial charge in [0.05, 0.1) is 6.07 Å². The fraction of sp³-hybridized carbons (Fsp3) is 0.875. The lowest BCUT2D eigenvalue weighted by atomic mass is 9.99. The van der Waals surface area contributed by atoms with Crippen molar-refractivity contribution in [2.45, 2.75) is 39.2 Å². The highest BCUT2D eigenvalue weighted by molar-refractivity contribution is 4.85. The average molecular weight is 141 g/mol. The molecule has 0 aliphatic rings. The van der Waals surface area contributed by atoms with Gasteiger partial charge in [-0.3, -0.25) is 0 Å². The molecule has 2 atom stereocenters. The van der Waals surface area contributed by atoms with Gasteiger partial charge in [-0.05, 0) is 12.3 Å². The van der Waals surface area contributed by atoms with E-state index in [0.29, 0.717) is 0 Å². The van der Waals surface area contributed by atoms with Crippen LogP contribution in [0.15, 0.2) is 0 Å². The molecule has 0 fully saturated rings. The zero-order chi connectivity index (χ0) is 7.98. The van der Waals surface area contributed by atoms with Crippen molar-refractivity contribution in [1.82, 2.24) is 0 Å². The second-order valence-electron chi connectivity index (χ2n) is 2.69. The highest BCUT2D eigenvalue weighted by Crippen LogP contribution is 2.10. The van der Waals surface area contributed by atoms with Crippen LogP contribution in [0.4, 0.5) is 0 Å². The smallest absolute Gasteiger partial charge is 0.143 e. The second-order valence-corrected chi connectivity index (χ2v) is 2.69. The molecule has 0 bridgehead atoms. The van der Waals surface area contributed by atoms with Crippen LogP contribution in [0.3, 0.4) is 0 Å². The third-order valence-electron chi connectivity index (χ3n) is 1.68.